The average Bonchev–Trinajstić information content (AvgIpc) is 2.74. The molecule has 7 heteroatoms. The number of hydrogen-bond acceptors (Lipinski definition) is 5. The lowest BCUT2D eigenvalue weighted by molar-refractivity contribution is -0.0298. The van der Waals surface area contributed by atoms with Gasteiger partial charge >= 0.3 is 0 Å². The van der Waals surface area contributed by atoms with Crippen molar-refractivity contribution >= 4 is 28.6 Å². The van der Waals surface area contributed by atoms with Crippen molar-refractivity contribution in [1.82, 2.24) is 19.5 Å². The molecular formula is C10H12ClN5O. The molecule has 0 bridgehead atoms. The van der Waals surface area contributed by atoms with Crippen LogP contribution < -0.4 is 5.73 Å². The molecule has 3 heterocycles. The maximum Gasteiger partial charge on any atom is 0.226 e. The summed E-state index contributed by atoms with van der Waals surface area (Å²) in [6.45, 7) is 0.763. The first-order valence-corrected chi connectivity index (χ1v) is 5.90. The molecule has 2 aromatic rings. The highest BCUT2D eigenvalue weighted by atomic mass is 35.5. The lowest BCUT2D eigenvalue weighted by Crippen LogP contribution is -2.17. The third-order valence-electron chi connectivity index (χ3n) is 2.89. The van der Waals surface area contributed by atoms with E-state index in [4.69, 9.17) is 22.1 Å². The van der Waals surface area contributed by atoms with E-state index in [9.17, 15) is 0 Å². The van der Waals surface area contributed by atoms with Crippen LogP contribution in [-0.2, 0) is 4.74 Å². The number of fused-ring (bicyclic) bond motifs is 1. The summed E-state index contributed by atoms with van der Waals surface area (Å²) >= 11 is 5.81. The van der Waals surface area contributed by atoms with E-state index in [0.717, 1.165) is 25.9 Å². The summed E-state index contributed by atoms with van der Waals surface area (Å²) in [6.07, 6.45) is 4.84. The van der Waals surface area contributed by atoms with E-state index in [1.54, 1.807) is 6.33 Å². The van der Waals surface area contributed by atoms with Gasteiger partial charge in [-0.05, 0) is 30.9 Å². The Hall–Kier alpha value is -1.40. The Bertz CT molecular complexity index is 549. The summed E-state index contributed by atoms with van der Waals surface area (Å²) in [5.41, 5.74) is 6.95. The van der Waals surface area contributed by atoms with Gasteiger partial charge in [-0.15, -0.1) is 0 Å². The summed E-state index contributed by atoms with van der Waals surface area (Å²) in [5, 5.41) is 0.132. The largest absolute Gasteiger partial charge is 0.382 e. The van der Waals surface area contributed by atoms with Gasteiger partial charge in [0.1, 0.15) is 11.7 Å². The smallest absolute Gasteiger partial charge is 0.226 e. The van der Waals surface area contributed by atoms with Crippen LogP contribution in [0.25, 0.3) is 11.2 Å². The molecule has 2 N–H and O–H groups in total. The number of ether oxygens (including phenoxy) is 1. The van der Waals surface area contributed by atoms with Gasteiger partial charge in [-0.3, -0.25) is 4.57 Å². The Kier molecular flexibility index (Phi) is 2.60. The summed E-state index contributed by atoms with van der Waals surface area (Å²) in [6, 6.07) is 0. The van der Waals surface area contributed by atoms with Crippen LogP contribution in [0, 0.1) is 0 Å². The van der Waals surface area contributed by atoms with Gasteiger partial charge in [0.15, 0.2) is 11.5 Å². The van der Waals surface area contributed by atoms with Crippen LogP contribution in [0.5, 0.6) is 0 Å². The number of rotatable bonds is 1. The molecule has 0 aliphatic carbocycles. The third-order valence-corrected chi connectivity index (χ3v) is 3.06. The fourth-order valence-electron chi connectivity index (χ4n) is 2.06. The third kappa shape index (κ3) is 1.83. The fourth-order valence-corrected chi connectivity index (χ4v) is 2.24. The van der Waals surface area contributed by atoms with Gasteiger partial charge in [-0.2, -0.15) is 9.97 Å². The standard InChI is InChI=1S/C10H12ClN5O/c11-10-14-8(12)7-9(15-10)16(5-13-7)6-3-1-2-4-17-6/h5-6H,1-4H2,(H2,12,14,15)/t6-/m1/s1. The minimum Gasteiger partial charge on any atom is -0.382 e. The number of halogens is 1. The summed E-state index contributed by atoms with van der Waals surface area (Å²) in [5.74, 6) is 0.301. The summed E-state index contributed by atoms with van der Waals surface area (Å²) in [4.78, 5) is 12.3. The second-order valence-corrected chi connectivity index (χ2v) is 4.36. The lowest BCUT2D eigenvalue weighted by Gasteiger charge is -2.23. The van der Waals surface area contributed by atoms with E-state index >= 15 is 0 Å². The van der Waals surface area contributed by atoms with Crippen LogP contribution in [0.15, 0.2) is 6.33 Å². The van der Waals surface area contributed by atoms with Gasteiger partial charge in [0.05, 0.1) is 6.33 Å². The topological polar surface area (TPSA) is 78.9 Å². The zero-order valence-electron chi connectivity index (χ0n) is 9.14. The first-order valence-electron chi connectivity index (χ1n) is 5.53. The van der Waals surface area contributed by atoms with Crippen molar-refractivity contribution in [1.29, 1.82) is 0 Å². The molecule has 0 amide bonds. The Balaban J connectivity index is 2.10. The molecule has 6 nitrogen and oxygen atoms in total. The number of hydrogen-bond donors (Lipinski definition) is 1. The molecule has 1 atom stereocenters. The molecule has 17 heavy (non-hydrogen) atoms. The maximum absolute atomic E-state index is 5.81. The van der Waals surface area contributed by atoms with Crippen molar-refractivity contribution < 1.29 is 4.74 Å². The molecule has 0 spiro atoms. The van der Waals surface area contributed by atoms with E-state index in [0.29, 0.717) is 17.0 Å². The number of aromatic nitrogens is 4. The molecule has 0 saturated carbocycles. The molecule has 0 unspecified atom stereocenters. The second kappa shape index (κ2) is 4.12. The highest BCUT2D eigenvalue weighted by molar-refractivity contribution is 6.28. The van der Waals surface area contributed by atoms with Crippen molar-refractivity contribution in [2.45, 2.75) is 25.5 Å². The van der Waals surface area contributed by atoms with Crippen LogP contribution in [0.3, 0.4) is 0 Å². The second-order valence-electron chi connectivity index (χ2n) is 4.02. The Morgan fingerprint density at radius 2 is 2.29 bits per heavy atom. The molecule has 3 rings (SSSR count). The van der Waals surface area contributed by atoms with Crippen molar-refractivity contribution in [2.75, 3.05) is 12.3 Å². The molecule has 1 fully saturated rings. The molecule has 2 aromatic heterocycles. The first kappa shape index (κ1) is 10.7. The Labute approximate surface area is 103 Å². The highest BCUT2D eigenvalue weighted by Crippen LogP contribution is 2.27. The number of anilines is 1. The van der Waals surface area contributed by atoms with Crippen molar-refractivity contribution in [3.63, 3.8) is 0 Å². The monoisotopic (exact) mass is 253 g/mol. The molecule has 1 saturated heterocycles. The quantitative estimate of drug-likeness (QED) is 0.784. The Morgan fingerprint density at radius 3 is 3.06 bits per heavy atom. The predicted octanol–water partition coefficient (Wildman–Crippen LogP) is 1.76. The zero-order valence-corrected chi connectivity index (χ0v) is 9.89. The Morgan fingerprint density at radius 1 is 1.41 bits per heavy atom. The summed E-state index contributed by atoms with van der Waals surface area (Å²) in [7, 11) is 0. The molecule has 1 aliphatic heterocycles. The van der Waals surface area contributed by atoms with Crippen molar-refractivity contribution in [2.24, 2.45) is 0 Å². The van der Waals surface area contributed by atoms with E-state index in [2.05, 4.69) is 15.0 Å². The van der Waals surface area contributed by atoms with Gasteiger partial charge in [-0.25, -0.2) is 4.98 Å². The SMILES string of the molecule is Nc1nc(Cl)nc2c1ncn2[C@H]1CCCCO1. The zero-order chi connectivity index (χ0) is 11.8. The number of nitrogens with zero attached hydrogens (tertiary/aromatic N) is 4. The van der Waals surface area contributed by atoms with Crippen LogP contribution >= 0.6 is 11.6 Å². The van der Waals surface area contributed by atoms with Gasteiger partial charge in [0.2, 0.25) is 5.28 Å². The van der Waals surface area contributed by atoms with Crippen LogP contribution in [0.4, 0.5) is 5.82 Å². The van der Waals surface area contributed by atoms with Crippen LogP contribution in [0.1, 0.15) is 25.5 Å². The van der Waals surface area contributed by atoms with Gasteiger partial charge in [0, 0.05) is 6.61 Å². The van der Waals surface area contributed by atoms with Crippen LogP contribution in [-0.4, -0.2) is 26.1 Å². The van der Waals surface area contributed by atoms with E-state index in [1.165, 1.54) is 0 Å². The number of nitrogen functional groups attached to an aromatic ring is 1. The highest BCUT2D eigenvalue weighted by Gasteiger charge is 2.20. The lowest BCUT2D eigenvalue weighted by atomic mass is 10.2. The van der Waals surface area contributed by atoms with Crippen molar-refractivity contribution in [3.05, 3.63) is 11.6 Å². The summed E-state index contributed by atoms with van der Waals surface area (Å²) < 4.78 is 7.56. The molecule has 90 valence electrons. The molecule has 0 aromatic carbocycles. The predicted molar refractivity (Wildman–Crippen MR) is 63.6 cm³/mol. The normalized spacial score (nSPS) is 20.9. The van der Waals surface area contributed by atoms with Crippen molar-refractivity contribution in [3.8, 4) is 0 Å². The molecular weight excluding hydrogens is 242 g/mol. The van der Waals surface area contributed by atoms with E-state index in [1.807, 2.05) is 4.57 Å². The minimum atomic E-state index is -0.0286. The van der Waals surface area contributed by atoms with E-state index < -0.39 is 0 Å². The fraction of sp³-hybridized carbons (Fsp3) is 0.500. The first-order chi connectivity index (χ1) is 8.25. The van der Waals surface area contributed by atoms with Gasteiger partial charge < -0.3 is 10.5 Å². The van der Waals surface area contributed by atoms with E-state index in [-0.39, 0.29) is 11.5 Å². The number of nitrogens with two attached hydrogens (primary N) is 1. The van der Waals surface area contributed by atoms with Crippen LogP contribution in [0.2, 0.25) is 5.28 Å². The number of imidazole rings is 1. The molecule has 0 radical (unpaired) electrons. The average molecular weight is 254 g/mol. The van der Waals surface area contributed by atoms with Gasteiger partial charge in [-0.1, -0.05) is 0 Å². The molecule has 1 aliphatic rings. The maximum atomic E-state index is 5.81. The van der Waals surface area contributed by atoms with Gasteiger partial charge in [0.25, 0.3) is 0 Å². The minimum absolute atomic E-state index is 0.0286.